The van der Waals surface area contributed by atoms with E-state index in [1.54, 1.807) is 0 Å². The molecule has 2 rings (SSSR count). The zero-order valence-corrected chi connectivity index (χ0v) is 12.5. The van der Waals surface area contributed by atoms with Crippen LogP contribution in [0.1, 0.15) is 41.1 Å². The van der Waals surface area contributed by atoms with Gasteiger partial charge in [0.15, 0.2) is 0 Å². The molecule has 4 nitrogen and oxygen atoms in total. The summed E-state index contributed by atoms with van der Waals surface area (Å²) in [5, 5.41) is 10.1. The number of hydrogen-bond donors (Lipinski definition) is 1. The Morgan fingerprint density at radius 3 is 2.50 bits per heavy atom. The SMILES string of the molecule is CC(C)(C)c1nc(COc2ccccc2)c(C(=O)O)s1. The number of para-hydroxylation sites is 1. The molecule has 1 aromatic carbocycles. The van der Waals surface area contributed by atoms with E-state index in [0.29, 0.717) is 11.4 Å². The number of benzene rings is 1. The van der Waals surface area contributed by atoms with Gasteiger partial charge in [-0.25, -0.2) is 9.78 Å². The molecule has 0 aliphatic rings. The molecule has 1 N–H and O–H groups in total. The number of carbonyl (C=O) groups is 1. The number of carboxylic acids is 1. The molecule has 0 amide bonds. The number of thiazole rings is 1. The van der Waals surface area contributed by atoms with Crippen molar-refractivity contribution in [2.24, 2.45) is 0 Å². The average Bonchev–Trinajstić information content (AvgIpc) is 2.82. The summed E-state index contributed by atoms with van der Waals surface area (Å²) in [6.45, 7) is 6.20. The van der Waals surface area contributed by atoms with E-state index in [4.69, 9.17) is 4.74 Å². The number of aromatic nitrogens is 1. The van der Waals surface area contributed by atoms with Crippen molar-refractivity contribution in [2.75, 3.05) is 0 Å². The second kappa shape index (κ2) is 5.63. The third-order valence-electron chi connectivity index (χ3n) is 2.65. The van der Waals surface area contributed by atoms with Gasteiger partial charge in [0.05, 0.1) is 5.01 Å². The highest BCUT2D eigenvalue weighted by Gasteiger charge is 2.24. The molecular formula is C15H17NO3S. The molecule has 0 atom stereocenters. The van der Waals surface area contributed by atoms with Crippen molar-refractivity contribution in [3.8, 4) is 5.75 Å². The molecule has 1 aromatic heterocycles. The van der Waals surface area contributed by atoms with E-state index in [-0.39, 0.29) is 16.9 Å². The van der Waals surface area contributed by atoms with Gasteiger partial charge in [0.25, 0.3) is 0 Å². The Labute approximate surface area is 122 Å². The molecule has 0 unspecified atom stereocenters. The minimum atomic E-state index is -0.954. The van der Waals surface area contributed by atoms with Crippen LogP contribution in [-0.2, 0) is 12.0 Å². The molecule has 1 heterocycles. The Balaban J connectivity index is 2.22. The molecular weight excluding hydrogens is 274 g/mol. The normalized spacial score (nSPS) is 11.3. The van der Waals surface area contributed by atoms with Crippen molar-refractivity contribution in [1.29, 1.82) is 0 Å². The van der Waals surface area contributed by atoms with Crippen LogP contribution in [-0.4, -0.2) is 16.1 Å². The first-order valence-corrected chi connectivity index (χ1v) is 7.11. The molecule has 0 aliphatic carbocycles. The van der Waals surface area contributed by atoms with Crippen LogP contribution in [0.15, 0.2) is 30.3 Å². The van der Waals surface area contributed by atoms with Crippen LogP contribution in [0.25, 0.3) is 0 Å². The van der Waals surface area contributed by atoms with Gasteiger partial charge in [-0.15, -0.1) is 11.3 Å². The van der Waals surface area contributed by atoms with Gasteiger partial charge in [-0.05, 0) is 12.1 Å². The zero-order valence-electron chi connectivity index (χ0n) is 11.7. The topological polar surface area (TPSA) is 59.4 Å². The largest absolute Gasteiger partial charge is 0.487 e. The predicted molar refractivity (Wildman–Crippen MR) is 78.5 cm³/mol. The Morgan fingerprint density at radius 1 is 1.30 bits per heavy atom. The highest BCUT2D eigenvalue weighted by molar-refractivity contribution is 7.13. The summed E-state index contributed by atoms with van der Waals surface area (Å²) in [4.78, 5) is 16.0. The van der Waals surface area contributed by atoms with Gasteiger partial charge >= 0.3 is 5.97 Å². The number of aromatic carboxylic acids is 1. The van der Waals surface area contributed by atoms with Gasteiger partial charge in [-0.3, -0.25) is 0 Å². The van der Waals surface area contributed by atoms with E-state index in [1.807, 2.05) is 51.1 Å². The maximum absolute atomic E-state index is 11.3. The Morgan fingerprint density at radius 2 is 1.95 bits per heavy atom. The molecule has 0 aliphatic heterocycles. The lowest BCUT2D eigenvalue weighted by Gasteiger charge is -2.13. The summed E-state index contributed by atoms with van der Waals surface area (Å²) in [5.74, 6) is -0.251. The summed E-state index contributed by atoms with van der Waals surface area (Å²) >= 11 is 1.22. The van der Waals surface area contributed by atoms with E-state index in [0.717, 1.165) is 5.01 Å². The van der Waals surface area contributed by atoms with E-state index < -0.39 is 5.97 Å². The summed E-state index contributed by atoms with van der Waals surface area (Å²) in [6, 6.07) is 9.30. The molecule has 0 saturated heterocycles. The number of carboxylic acid groups (broad SMARTS) is 1. The number of hydrogen-bond acceptors (Lipinski definition) is 4. The van der Waals surface area contributed by atoms with Crippen molar-refractivity contribution >= 4 is 17.3 Å². The van der Waals surface area contributed by atoms with Crippen LogP contribution < -0.4 is 4.74 Å². The van der Waals surface area contributed by atoms with Crippen LogP contribution in [0.4, 0.5) is 0 Å². The summed E-state index contributed by atoms with van der Waals surface area (Å²) in [6.07, 6.45) is 0. The first-order chi connectivity index (χ1) is 9.38. The fraction of sp³-hybridized carbons (Fsp3) is 0.333. The second-order valence-electron chi connectivity index (χ2n) is 5.45. The maximum atomic E-state index is 11.3. The lowest BCUT2D eigenvalue weighted by molar-refractivity contribution is 0.0699. The van der Waals surface area contributed by atoms with Gasteiger partial charge in [-0.2, -0.15) is 0 Å². The monoisotopic (exact) mass is 291 g/mol. The highest BCUT2D eigenvalue weighted by Crippen LogP contribution is 2.30. The first kappa shape index (κ1) is 14.5. The lowest BCUT2D eigenvalue weighted by Crippen LogP contribution is -2.10. The predicted octanol–water partition coefficient (Wildman–Crippen LogP) is 3.72. The quantitative estimate of drug-likeness (QED) is 0.932. The summed E-state index contributed by atoms with van der Waals surface area (Å²) < 4.78 is 5.59. The van der Waals surface area contributed by atoms with Crippen LogP contribution >= 0.6 is 11.3 Å². The average molecular weight is 291 g/mol. The summed E-state index contributed by atoms with van der Waals surface area (Å²) in [5.41, 5.74) is 0.316. The minimum absolute atomic E-state index is 0.165. The van der Waals surface area contributed by atoms with E-state index >= 15 is 0 Å². The van der Waals surface area contributed by atoms with Gasteiger partial charge in [0.2, 0.25) is 0 Å². The van der Waals surface area contributed by atoms with Crippen molar-refractivity contribution in [3.05, 3.63) is 45.9 Å². The number of ether oxygens (including phenoxy) is 1. The molecule has 0 fully saturated rings. The zero-order chi connectivity index (χ0) is 14.8. The Hall–Kier alpha value is -1.88. The molecule has 5 heteroatoms. The third kappa shape index (κ3) is 3.36. The second-order valence-corrected chi connectivity index (χ2v) is 6.45. The van der Waals surface area contributed by atoms with Gasteiger partial charge < -0.3 is 9.84 Å². The molecule has 0 bridgehead atoms. The van der Waals surface area contributed by atoms with Crippen LogP contribution in [0.2, 0.25) is 0 Å². The smallest absolute Gasteiger partial charge is 0.347 e. The minimum Gasteiger partial charge on any atom is -0.487 e. The van der Waals surface area contributed by atoms with E-state index in [2.05, 4.69) is 4.98 Å². The molecule has 106 valence electrons. The standard InChI is InChI=1S/C15H17NO3S/c1-15(2,3)14-16-11(12(20-14)13(17)18)9-19-10-7-5-4-6-8-10/h4-8H,9H2,1-3H3,(H,17,18). The van der Waals surface area contributed by atoms with Crippen LogP contribution in [0.5, 0.6) is 5.75 Å². The van der Waals surface area contributed by atoms with Gasteiger partial charge in [-0.1, -0.05) is 39.0 Å². The molecule has 0 radical (unpaired) electrons. The summed E-state index contributed by atoms with van der Waals surface area (Å²) in [7, 11) is 0. The molecule has 0 saturated carbocycles. The fourth-order valence-corrected chi connectivity index (χ4v) is 2.57. The molecule has 2 aromatic rings. The molecule has 20 heavy (non-hydrogen) atoms. The Bertz CT molecular complexity index is 599. The Kier molecular flexibility index (Phi) is 4.09. The maximum Gasteiger partial charge on any atom is 0.347 e. The molecule has 0 spiro atoms. The van der Waals surface area contributed by atoms with E-state index in [9.17, 15) is 9.90 Å². The highest BCUT2D eigenvalue weighted by atomic mass is 32.1. The van der Waals surface area contributed by atoms with Crippen molar-refractivity contribution in [1.82, 2.24) is 4.98 Å². The van der Waals surface area contributed by atoms with Crippen molar-refractivity contribution in [2.45, 2.75) is 32.8 Å². The lowest BCUT2D eigenvalue weighted by atomic mass is 9.98. The van der Waals surface area contributed by atoms with Crippen LogP contribution in [0.3, 0.4) is 0 Å². The van der Waals surface area contributed by atoms with Gasteiger partial charge in [0.1, 0.15) is 22.9 Å². The number of rotatable bonds is 4. The number of nitrogens with zero attached hydrogens (tertiary/aromatic N) is 1. The van der Waals surface area contributed by atoms with Gasteiger partial charge in [0, 0.05) is 5.41 Å². The fourth-order valence-electron chi connectivity index (χ4n) is 1.61. The first-order valence-electron chi connectivity index (χ1n) is 6.29. The van der Waals surface area contributed by atoms with Crippen LogP contribution in [0, 0.1) is 0 Å². The van der Waals surface area contributed by atoms with E-state index in [1.165, 1.54) is 11.3 Å². The van der Waals surface area contributed by atoms with Crippen molar-refractivity contribution in [3.63, 3.8) is 0 Å². The third-order valence-corrected chi connectivity index (χ3v) is 4.16. The van der Waals surface area contributed by atoms with Crippen molar-refractivity contribution < 1.29 is 14.6 Å².